The molecule has 3 aromatic carbocycles. The van der Waals surface area contributed by atoms with Gasteiger partial charge in [0.05, 0.1) is 27.7 Å². The van der Waals surface area contributed by atoms with Gasteiger partial charge in [-0.25, -0.2) is 21.6 Å². The number of halogens is 1. The van der Waals surface area contributed by atoms with Gasteiger partial charge in [0.2, 0.25) is 20.0 Å². The number of carboxylic acids is 1. The molecule has 0 spiro atoms. The Labute approximate surface area is 264 Å². The number of rotatable bonds is 8. The highest BCUT2D eigenvalue weighted by Gasteiger charge is 2.41. The van der Waals surface area contributed by atoms with Crippen LogP contribution in [0.5, 0.6) is 0 Å². The minimum atomic E-state index is -3.99. The molecule has 5 rings (SSSR count). The molecular weight excluding hydrogens is 622 g/mol. The fourth-order valence-electron chi connectivity index (χ4n) is 6.36. The van der Waals surface area contributed by atoms with Crippen molar-refractivity contribution in [3.63, 3.8) is 0 Å². The number of hydrogen-bond donors (Lipinski definition) is 2. The van der Waals surface area contributed by atoms with Crippen molar-refractivity contribution in [1.82, 2.24) is 4.31 Å². The van der Waals surface area contributed by atoms with Crippen LogP contribution in [0.2, 0.25) is 5.02 Å². The van der Waals surface area contributed by atoms with Crippen LogP contribution in [0.4, 0.5) is 17.1 Å². The van der Waals surface area contributed by atoms with E-state index in [4.69, 9.17) is 11.6 Å². The molecule has 12 heteroatoms. The van der Waals surface area contributed by atoms with Gasteiger partial charge in [0.25, 0.3) is 0 Å². The van der Waals surface area contributed by atoms with Crippen LogP contribution in [0.25, 0.3) is 11.1 Å². The smallest absolute Gasteiger partial charge is 0.337 e. The first-order valence-electron chi connectivity index (χ1n) is 14.8. The Balaban J connectivity index is 1.64. The summed E-state index contributed by atoms with van der Waals surface area (Å²) in [7, 11) is -6.14. The zero-order valence-corrected chi connectivity index (χ0v) is 27.4. The first-order chi connectivity index (χ1) is 20.8. The van der Waals surface area contributed by atoms with Gasteiger partial charge in [-0.2, -0.15) is 4.31 Å². The summed E-state index contributed by atoms with van der Waals surface area (Å²) in [5.41, 5.74) is 1.61. The highest BCUT2D eigenvalue weighted by molar-refractivity contribution is 7.92. The second-order valence-corrected chi connectivity index (χ2v) is 16.2. The molecule has 3 aromatic rings. The van der Waals surface area contributed by atoms with Crippen molar-refractivity contribution < 1.29 is 26.7 Å². The molecule has 0 unspecified atom stereocenters. The number of nitrogens with zero attached hydrogens (tertiary/aromatic N) is 2. The Morgan fingerprint density at radius 2 is 1.73 bits per heavy atom. The average molecular weight is 660 g/mol. The molecule has 1 heterocycles. The van der Waals surface area contributed by atoms with Crippen LogP contribution >= 0.6 is 11.6 Å². The number of sulfonamides is 2. The van der Waals surface area contributed by atoms with Gasteiger partial charge in [-0.3, -0.25) is 4.72 Å². The average Bonchev–Trinajstić information content (AvgIpc) is 3.05. The quantitative estimate of drug-likeness (QED) is 0.272. The number of anilines is 3. The molecule has 1 saturated carbocycles. The lowest BCUT2D eigenvalue weighted by atomic mass is 9.83. The topological polar surface area (TPSA) is 124 Å². The minimum absolute atomic E-state index is 0.0696. The van der Waals surface area contributed by atoms with E-state index in [0.29, 0.717) is 23.4 Å². The Morgan fingerprint density at radius 1 is 1.05 bits per heavy atom. The molecule has 9 nitrogen and oxygen atoms in total. The van der Waals surface area contributed by atoms with Crippen LogP contribution in [0, 0.1) is 11.8 Å². The van der Waals surface area contributed by atoms with E-state index in [1.807, 2.05) is 35.2 Å². The summed E-state index contributed by atoms with van der Waals surface area (Å²) in [4.78, 5) is 14.3. The van der Waals surface area contributed by atoms with Gasteiger partial charge in [-0.15, -0.1) is 0 Å². The van der Waals surface area contributed by atoms with Crippen LogP contribution in [0.15, 0.2) is 65.6 Å². The fourth-order valence-corrected chi connectivity index (χ4v) is 9.71. The first-order valence-corrected chi connectivity index (χ1v) is 18.3. The molecule has 0 bridgehead atoms. The zero-order valence-electron chi connectivity index (χ0n) is 25.0. The van der Waals surface area contributed by atoms with Gasteiger partial charge >= 0.3 is 5.97 Å². The van der Waals surface area contributed by atoms with Crippen molar-refractivity contribution in [3.05, 3.63) is 71.2 Å². The Hall–Kier alpha value is -3.12. The number of fused-ring (bicyclic) bond motifs is 1. The number of para-hydroxylation sites is 1. The maximum Gasteiger partial charge on any atom is 0.337 e. The van der Waals surface area contributed by atoms with Crippen molar-refractivity contribution >= 4 is 54.7 Å². The Morgan fingerprint density at radius 3 is 2.36 bits per heavy atom. The van der Waals surface area contributed by atoms with Crippen LogP contribution < -0.4 is 9.62 Å². The predicted molar refractivity (Wildman–Crippen MR) is 175 cm³/mol. The van der Waals surface area contributed by atoms with Gasteiger partial charge in [0.1, 0.15) is 4.90 Å². The number of likely N-dealkylation sites (N-methyl/N-ethyl adjacent to an activating group) is 1. The first kappa shape index (κ1) is 32.3. The van der Waals surface area contributed by atoms with Crippen molar-refractivity contribution in [1.29, 1.82) is 0 Å². The Kier molecular flexibility index (Phi) is 9.32. The monoisotopic (exact) mass is 659 g/mol. The van der Waals surface area contributed by atoms with Crippen LogP contribution in [0.3, 0.4) is 0 Å². The summed E-state index contributed by atoms with van der Waals surface area (Å²) in [6, 6.07) is 16.7. The van der Waals surface area contributed by atoms with Gasteiger partial charge in [0, 0.05) is 30.9 Å². The second-order valence-electron chi connectivity index (χ2n) is 12.1. The summed E-state index contributed by atoms with van der Waals surface area (Å²) in [6.07, 6.45) is 5.21. The molecule has 44 heavy (non-hydrogen) atoms. The molecule has 0 saturated heterocycles. The third kappa shape index (κ3) is 6.61. The molecule has 0 radical (unpaired) electrons. The standard InChI is InChI=1S/C32H38ClN3O6S2/c1-21(2)20-43(39,40)34-28-15-14-23(16-26(28)32(37)38)25-17-31-29(18-27(25)33)36(24-12-8-5-9-13-24)19-30(35(3)44(31,41)42)22-10-6-4-7-11-22/h5,8-9,12-18,21-22,30,34H,4,6-7,10-11,19-20H2,1-3H3,(H,37,38)/t30-/m0/s1. The molecule has 236 valence electrons. The Bertz CT molecular complexity index is 1760. The molecule has 1 aliphatic carbocycles. The number of hydrogen-bond acceptors (Lipinski definition) is 6. The zero-order chi connectivity index (χ0) is 31.8. The van der Waals surface area contributed by atoms with E-state index in [0.717, 1.165) is 37.8 Å². The highest BCUT2D eigenvalue weighted by atomic mass is 35.5. The number of carboxylic acid groups (broad SMARTS) is 1. The minimum Gasteiger partial charge on any atom is -0.478 e. The lowest BCUT2D eigenvalue weighted by molar-refractivity contribution is 0.0698. The van der Waals surface area contributed by atoms with Crippen molar-refractivity contribution in [2.24, 2.45) is 11.8 Å². The summed E-state index contributed by atoms with van der Waals surface area (Å²) in [6.45, 7) is 3.96. The van der Waals surface area contributed by atoms with E-state index in [2.05, 4.69) is 4.72 Å². The van der Waals surface area contributed by atoms with Crippen LogP contribution in [-0.2, 0) is 20.0 Å². The summed E-state index contributed by atoms with van der Waals surface area (Å²) < 4.78 is 57.6. The summed E-state index contributed by atoms with van der Waals surface area (Å²) in [5.74, 6) is -1.45. The van der Waals surface area contributed by atoms with E-state index in [-0.39, 0.29) is 44.8 Å². The third-order valence-corrected chi connectivity index (χ3v) is 12.3. The van der Waals surface area contributed by atoms with Gasteiger partial charge in [-0.05, 0) is 66.6 Å². The highest BCUT2D eigenvalue weighted by Crippen LogP contribution is 2.45. The van der Waals surface area contributed by atoms with Crippen molar-refractivity contribution in [3.8, 4) is 11.1 Å². The van der Waals surface area contributed by atoms with Gasteiger partial charge < -0.3 is 10.0 Å². The largest absolute Gasteiger partial charge is 0.478 e. The van der Waals surface area contributed by atoms with E-state index < -0.39 is 26.0 Å². The van der Waals surface area contributed by atoms with Crippen LogP contribution in [-0.4, -0.2) is 57.6 Å². The summed E-state index contributed by atoms with van der Waals surface area (Å²) >= 11 is 6.86. The van der Waals surface area contributed by atoms with E-state index in [1.54, 1.807) is 33.0 Å². The van der Waals surface area contributed by atoms with Crippen molar-refractivity contribution in [2.75, 3.05) is 29.0 Å². The normalized spacial score (nSPS) is 19.4. The van der Waals surface area contributed by atoms with E-state index in [9.17, 15) is 26.7 Å². The maximum atomic E-state index is 14.3. The number of carbonyl (C=O) groups is 1. The van der Waals surface area contributed by atoms with E-state index in [1.165, 1.54) is 22.5 Å². The van der Waals surface area contributed by atoms with Crippen LogP contribution in [0.1, 0.15) is 56.3 Å². The maximum absolute atomic E-state index is 14.3. The number of nitrogens with one attached hydrogen (secondary N) is 1. The predicted octanol–water partition coefficient (Wildman–Crippen LogP) is 6.82. The lowest BCUT2D eigenvalue weighted by Crippen LogP contribution is -2.46. The molecule has 0 amide bonds. The van der Waals surface area contributed by atoms with Gasteiger partial charge in [-0.1, -0.05) is 69.0 Å². The molecule has 0 aromatic heterocycles. The molecule has 1 atom stereocenters. The summed E-state index contributed by atoms with van der Waals surface area (Å²) in [5, 5.41) is 10.2. The number of aromatic carboxylic acids is 1. The molecule has 2 aliphatic rings. The lowest BCUT2D eigenvalue weighted by Gasteiger charge is -2.36. The SMILES string of the molecule is CC(C)CS(=O)(=O)Nc1ccc(-c2cc3c(cc2Cl)N(c2ccccc2)C[C@@H](C2CCCCC2)N(C)S3(=O)=O)cc1C(=O)O. The second kappa shape index (κ2) is 12.7. The molecule has 2 N–H and O–H groups in total. The molecular formula is C32H38ClN3O6S2. The fraction of sp³-hybridized carbons (Fsp3) is 0.406. The third-order valence-electron chi connectivity index (χ3n) is 8.47. The van der Waals surface area contributed by atoms with Gasteiger partial charge in [0.15, 0.2) is 0 Å². The number of benzene rings is 3. The van der Waals surface area contributed by atoms with Crippen molar-refractivity contribution in [2.45, 2.75) is 56.9 Å². The van der Waals surface area contributed by atoms with E-state index >= 15 is 0 Å². The molecule has 1 fully saturated rings. The molecule has 1 aliphatic heterocycles.